The average molecular weight is 253 g/mol. The fraction of sp³-hybridized carbons (Fsp3) is 0.933. The van der Waals surface area contributed by atoms with Gasteiger partial charge in [-0.25, -0.2) is 0 Å². The summed E-state index contributed by atoms with van der Waals surface area (Å²) in [5, 5.41) is 8.97. The van der Waals surface area contributed by atoms with E-state index in [0.29, 0.717) is 0 Å². The Labute approximate surface area is 111 Å². The molecule has 0 aromatic carbocycles. The zero-order chi connectivity index (χ0) is 12.8. The van der Waals surface area contributed by atoms with Gasteiger partial charge in [-0.3, -0.25) is 4.79 Å². The molecule has 0 aromatic rings. The van der Waals surface area contributed by atoms with Gasteiger partial charge in [-0.1, -0.05) is 38.5 Å². The molecule has 1 saturated heterocycles. The number of rotatable bonds is 4. The number of nitrogens with zero attached hydrogens (tertiary/aromatic N) is 1. The van der Waals surface area contributed by atoms with Crippen LogP contribution < -0.4 is 0 Å². The van der Waals surface area contributed by atoms with Crippen LogP contribution in [0.25, 0.3) is 0 Å². The third-order valence-electron chi connectivity index (χ3n) is 4.77. The first-order chi connectivity index (χ1) is 8.75. The van der Waals surface area contributed by atoms with Gasteiger partial charge in [0.2, 0.25) is 0 Å². The number of hydrogen-bond donors (Lipinski definition) is 1. The van der Waals surface area contributed by atoms with Crippen LogP contribution in [0.4, 0.5) is 0 Å². The summed E-state index contributed by atoms with van der Waals surface area (Å²) in [6.45, 7) is 3.17. The molecule has 104 valence electrons. The first-order valence-electron chi connectivity index (χ1n) is 7.71. The molecule has 3 nitrogen and oxygen atoms in total. The number of hydrogen-bond acceptors (Lipinski definition) is 2. The monoisotopic (exact) mass is 253 g/mol. The van der Waals surface area contributed by atoms with E-state index in [4.69, 9.17) is 5.11 Å². The molecule has 0 amide bonds. The Morgan fingerprint density at radius 2 is 1.61 bits per heavy atom. The van der Waals surface area contributed by atoms with E-state index in [9.17, 15) is 4.79 Å². The lowest BCUT2D eigenvalue weighted by molar-refractivity contribution is -0.143. The lowest BCUT2D eigenvalue weighted by Gasteiger charge is -2.31. The van der Waals surface area contributed by atoms with E-state index in [0.717, 1.165) is 31.8 Å². The summed E-state index contributed by atoms with van der Waals surface area (Å²) in [6.07, 6.45) is 11.6. The van der Waals surface area contributed by atoms with E-state index in [2.05, 4.69) is 4.90 Å². The maximum atomic E-state index is 10.9. The van der Waals surface area contributed by atoms with Crippen LogP contribution in [-0.4, -0.2) is 35.6 Å². The first kappa shape index (κ1) is 13.9. The number of carbonyl (C=O) groups is 1. The second kappa shape index (κ2) is 7.13. The van der Waals surface area contributed by atoms with Gasteiger partial charge in [-0.05, 0) is 44.8 Å². The number of carboxylic acids is 1. The molecule has 1 saturated carbocycles. The number of likely N-dealkylation sites (tertiary alicyclic amines) is 1. The van der Waals surface area contributed by atoms with Crippen LogP contribution in [0.2, 0.25) is 0 Å². The Balaban J connectivity index is 1.64. The highest BCUT2D eigenvalue weighted by Gasteiger charge is 2.24. The standard InChI is InChI=1S/C15H27NO2/c17-15(18)14-8-11-16(12-9-14)10-7-13-5-3-1-2-4-6-13/h13-14H,1-12H2,(H,17,18). The summed E-state index contributed by atoms with van der Waals surface area (Å²) in [7, 11) is 0. The Hall–Kier alpha value is -0.570. The summed E-state index contributed by atoms with van der Waals surface area (Å²) in [6, 6.07) is 0. The van der Waals surface area contributed by atoms with Gasteiger partial charge < -0.3 is 10.0 Å². The minimum absolute atomic E-state index is 0.0841. The fourth-order valence-corrected chi connectivity index (χ4v) is 3.42. The highest BCUT2D eigenvalue weighted by Crippen LogP contribution is 2.26. The van der Waals surface area contributed by atoms with Gasteiger partial charge in [0.25, 0.3) is 0 Å². The molecule has 0 aromatic heterocycles. The van der Waals surface area contributed by atoms with Crippen LogP contribution in [0.15, 0.2) is 0 Å². The van der Waals surface area contributed by atoms with Crippen molar-refractivity contribution < 1.29 is 9.90 Å². The molecule has 2 fully saturated rings. The summed E-state index contributed by atoms with van der Waals surface area (Å²) >= 11 is 0. The first-order valence-corrected chi connectivity index (χ1v) is 7.71. The maximum Gasteiger partial charge on any atom is 0.306 e. The van der Waals surface area contributed by atoms with Crippen molar-refractivity contribution >= 4 is 5.97 Å². The van der Waals surface area contributed by atoms with Crippen molar-refractivity contribution in [3.8, 4) is 0 Å². The van der Waals surface area contributed by atoms with E-state index in [1.807, 2.05) is 0 Å². The average Bonchev–Trinajstić information content (AvgIpc) is 2.65. The van der Waals surface area contributed by atoms with Crippen LogP contribution in [-0.2, 0) is 4.79 Å². The molecular formula is C15H27NO2. The second-order valence-electron chi connectivity index (χ2n) is 6.10. The molecule has 18 heavy (non-hydrogen) atoms. The smallest absolute Gasteiger partial charge is 0.306 e. The minimum atomic E-state index is -0.599. The largest absolute Gasteiger partial charge is 0.481 e. The summed E-state index contributed by atoms with van der Waals surface area (Å²) in [4.78, 5) is 13.4. The highest BCUT2D eigenvalue weighted by molar-refractivity contribution is 5.70. The van der Waals surface area contributed by atoms with Gasteiger partial charge in [-0.2, -0.15) is 0 Å². The number of carboxylic acid groups (broad SMARTS) is 1. The van der Waals surface area contributed by atoms with Crippen molar-refractivity contribution in [1.29, 1.82) is 0 Å². The molecule has 2 aliphatic rings. The lowest BCUT2D eigenvalue weighted by atomic mass is 9.94. The molecule has 0 bridgehead atoms. The van der Waals surface area contributed by atoms with Gasteiger partial charge in [0.1, 0.15) is 0 Å². The van der Waals surface area contributed by atoms with Crippen LogP contribution in [0.3, 0.4) is 0 Å². The zero-order valence-corrected chi connectivity index (χ0v) is 11.4. The van der Waals surface area contributed by atoms with Gasteiger partial charge >= 0.3 is 5.97 Å². The Kier molecular flexibility index (Phi) is 5.48. The van der Waals surface area contributed by atoms with Crippen molar-refractivity contribution in [1.82, 2.24) is 4.90 Å². The lowest BCUT2D eigenvalue weighted by Crippen LogP contribution is -2.37. The number of piperidine rings is 1. The Morgan fingerprint density at radius 3 is 2.17 bits per heavy atom. The molecule has 0 spiro atoms. The molecule has 0 unspecified atom stereocenters. The van der Waals surface area contributed by atoms with E-state index in [1.54, 1.807) is 0 Å². The number of aliphatic carboxylic acids is 1. The summed E-state index contributed by atoms with van der Waals surface area (Å²) < 4.78 is 0. The zero-order valence-electron chi connectivity index (χ0n) is 11.4. The van der Waals surface area contributed by atoms with Gasteiger partial charge in [-0.15, -0.1) is 0 Å². The molecule has 1 aliphatic heterocycles. The quantitative estimate of drug-likeness (QED) is 0.782. The van der Waals surface area contributed by atoms with Crippen molar-refractivity contribution in [2.75, 3.05) is 19.6 Å². The predicted molar refractivity (Wildman–Crippen MR) is 72.6 cm³/mol. The van der Waals surface area contributed by atoms with E-state index < -0.39 is 5.97 Å². The van der Waals surface area contributed by atoms with Gasteiger partial charge in [0, 0.05) is 0 Å². The van der Waals surface area contributed by atoms with Crippen molar-refractivity contribution in [3.05, 3.63) is 0 Å². The minimum Gasteiger partial charge on any atom is -0.481 e. The topological polar surface area (TPSA) is 40.5 Å². The van der Waals surface area contributed by atoms with E-state index >= 15 is 0 Å². The highest BCUT2D eigenvalue weighted by atomic mass is 16.4. The summed E-state index contributed by atoms with van der Waals surface area (Å²) in [5.41, 5.74) is 0. The fourth-order valence-electron chi connectivity index (χ4n) is 3.42. The van der Waals surface area contributed by atoms with E-state index in [-0.39, 0.29) is 5.92 Å². The van der Waals surface area contributed by atoms with Crippen molar-refractivity contribution in [2.45, 2.75) is 57.8 Å². The van der Waals surface area contributed by atoms with Crippen molar-refractivity contribution in [2.24, 2.45) is 11.8 Å². The molecule has 0 radical (unpaired) electrons. The molecule has 2 rings (SSSR count). The predicted octanol–water partition coefficient (Wildman–Crippen LogP) is 3.14. The molecule has 1 aliphatic carbocycles. The van der Waals surface area contributed by atoms with Crippen molar-refractivity contribution in [3.63, 3.8) is 0 Å². The molecule has 1 N–H and O–H groups in total. The van der Waals surface area contributed by atoms with Crippen LogP contribution in [0, 0.1) is 11.8 Å². The maximum absolute atomic E-state index is 10.9. The third kappa shape index (κ3) is 4.27. The van der Waals surface area contributed by atoms with E-state index in [1.165, 1.54) is 51.5 Å². The SMILES string of the molecule is O=C(O)C1CCN(CCC2CCCCCC2)CC1. The third-order valence-corrected chi connectivity index (χ3v) is 4.77. The summed E-state index contributed by atoms with van der Waals surface area (Å²) in [5.74, 6) is 0.252. The van der Waals surface area contributed by atoms with Crippen LogP contribution >= 0.6 is 0 Å². The molecule has 0 atom stereocenters. The molecule has 1 heterocycles. The van der Waals surface area contributed by atoms with Crippen LogP contribution in [0.1, 0.15) is 57.8 Å². The molecule has 3 heteroatoms. The van der Waals surface area contributed by atoms with Crippen LogP contribution in [0.5, 0.6) is 0 Å². The Morgan fingerprint density at radius 1 is 1.00 bits per heavy atom. The molecular weight excluding hydrogens is 226 g/mol. The van der Waals surface area contributed by atoms with Gasteiger partial charge in [0.05, 0.1) is 5.92 Å². The van der Waals surface area contributed by atoms with Gasteiger partial charge in [0.15, 0.2) is 0 Å². The second-order valence-corrected chi connectivity index (χ2v) is 6.10. The normalized spacial score (nSPS) is 24.9. The Bertz CT molecular complexity index is 251.